The summed E-state index contributed by atoms with van der Waals surface area (Å²) < 4.78 is 22.7. The lowest BCUT2D eigenvalue weighted by Gasteiger charge is -2.03. The zero-order chi connectivity index (χ0) is 13.3. The molecule has 1 aliphatic heterocycles. The maximum absolute atomic E-state index is 11.4. The molecule has 18 heavy (non-hydrogen) atoms. The van der Waals surface area contributed by atoms with E-state index in [0.29, 0.717) is 10.8 Å². The van der Waals surface area contributed by atoms with Crippen LogP contribution in [0.1, 0.15) is 18.9 Å². The first-order valence-corrected chi connectivity index (χ1v) is 7.97. The second-order valence-electron chi connectivity index (χ2n) is 4.39. The molecule has 0 radical (unpaired) electrons. The Morgan fingerprint density at radius 3 is 2.33 bits per heavy atom. The molecule has 96 valence electrons. The summed E-state index contributed by atoms with van der Waals surface area (Å²) in [5, 5.41) is 0. The van der Waals surface area contributed by atoms with Crippen molar-refractivity contribution in [2.45, 2.75) is 18.2 Å². The fourth-order valence-electron chi connectivity index (χ4n) is 1.86. The lowest BCUT2D eigenvalue weighted by molar-refractivity contribution is 0.602. The summed E-state index contributed by atoms with van der Waals surface area (Å²) >= 11 is 5.80. The predicted octanol–water partition coefficient (Wildman–Crippen LogP) is 2.80. The fourth-order valence-corrected chi connectivity index (χ4v) is 2.77. The molecule has 1 heterocycles. The summed E-state index contributed by atoms with van der Waals surface area (Å²) in [6.07, 6.45) is 1.98. The standard InChI is InChI=1S/C13H14ClNO2S/c1-9-7-12(15-13(9)8-14)10-3-5-11(6-4-10)18(2,16)17/h3-6H,7-8H2,1-2H3. The minimum Gasteiger partial charge on any atom is -0.256 e. The van der Waals surface area contributed by atoms with E-state index < -0.39 is 9.84 Å². The Balaban J connectivity index is 2.29. The molecule has 1 aromatic rings. The van der Waals surface area contributed by atoms with E-state index in [4.69, 9.17) is 11.6 Å². The van der Waals surface area contributed by atoms with Crippen LogP contribution < -0.4 is 0 Å². The highest BCUT2D eigenvalue weighted by Crippen LogP contribution is 2.24. The SMILES string of the molecule is CC1=C(CCl)N=C(c2ccc(S(C)(=O)=O)cc2)C1. The third-order valence-electron chi connectivity index (χ3n) is 2.94. The molecule has 2 rings (SSSR count). The smallest absolute Gasteiger partial charge is 0.175 e. The van der Waals surface area contributed by atoms with Crippen molar-refractivity contribution in [3.05, 3.63) is 41.1 Å². The Morgan fingerprint density at radius 1 is 1.28 bits per heavy atom. The summed E-state index contributed by atoms with van der Waals surface area (Å²) in [5.41, 5.74) is 3.98. The molecule has 0 aliphatic carbocycles. The molecule has 0 saturated carbocycles. The summed E-state index contributed by atoms with van der Waals surface area (Å²) in [6.45, 7) is 2.01. The third-order valence-corrected chi connectivity index (χ3v) is 4.32. The second-order valence-corrected chi connectivity index (χ2v) is 6.68. The maximum atomic E-state index is 11.4. The number of halogens is 1. The molecule has 0 fully saturated rings. The van der Waals surface area contributed by atoms with Crippen LogP contribution in [0.2, 0.25) is 0 Å². The van der Waals surface area contributed by atoms with Gasteiger partial charge in [0.15, 0.2) is 9.84 Å². The fraction of sp³-hybridized carbons (Fsp3) is 0.308. The zero-order valence-electron chi connectivity index (χ0n) is 10.3. The van der Waals surface area contributed by atoms with Crippen LogP contribution >= 0.6 is 11.6 Å². The van der Waals surface area contributed by atoms with E-state index in [9.17, 15) is 8.42 Å². The summed E-state index contributed by atoms with van der Waals surface area (Å²) in [7, 11) is -3.14. The number of benzene rings is 1. The number of sulfone groups is 1. The van der Waals surface area contributed by atoms with Crippen molar-refractivity contribution >= 4 is 27.1 Å². The van der Waals surface area contributed by atoms with E-state index in [2.05, 4.69) is 4.99 Å². The van der Waals surface area contributed by atoms with Gasteiger partial charge >= 0.3 is 0 Å². The van der Waals surface area contributed by atoms with Crippen molar-refractivity contribution in [2.24, 2.45) is 4.99 Å². The van der Waals surface area contributed by atoms with E-state index in [0.717, 1.165) is 23.4 Å². The Morgan fingerprint density at radius 2 is 1.89 bits per heavy atom. The number of nitrogens with zero attached hydrogens (tertiary/aromatic N) is 1. The molecule has 1 aliphatic rings. The Hall–Kier alpha value is -1.13. The highest BCUT2D eigenvalue weighted by molar-refractivity contribution is 7.90. The molecule has 1 aromatic carbocycles. The van der Waals surface area contributed by atoms with Crippen molar-refractivity contribution in [3.8, 4) is 0 Å². The van der Waals surface area contributed by atoms with Crippen LogP contribution in [0.15, 0.2) is 45.4 Å². The van der Waals surface area contributed by atoms with Gasteiger partial charge < -0.3 is 0 Å². The first kappa shape index (κ1) is 13.3. The molecule has 0 bridgehead atoms. The average Bonchev–Trinajstić information content (AvgIpc) is 2.69. The normalized spacial score (nSPS) is 16.1. The van der Waals surface area contributed by atoms with Crippen LogP contribution in [0.3, 0.4) is 0 Å². The van der Waals surface area contributed by atoms with Crippen LogP contribution in [-0.4, -0.2) is 26.3 Å². The van der Waals surface area contributed by atoms with Gasteiger partial charge in [0.1, 0.15) is 0 Å². The first-order valence-electron chi connectivity index (χ1n) is 5.54. The van der Waals surface area contributed by atoms with Crippen molar-refractivity contribution < 1.29 is 8.42 Å². The average molecular weight is 284 g/mol. The summed E-state index contributed by atoms with van der Waals surface area (Å²) in [6, 6.07) is 6.81. The number of hydrogen-bond donors (Lipinski definition) is 0. The molecule has 0 unspecified atom stereocenters. The quantitative estimate of drug-likeness (QED) is 0.801. The summed E-state index contributed by atoms with van der Waals surface area (Å²) in [5.74, 6) is 0.413. The molecule has 5 heteroatoms. The van der Waals surface area contributed by atoms with E-state index in [1.54, 1.807) is 24.3 Å². The maximum Gasteiger partial charge on any atom is 0.175 e. The molecule has 0 amide bonds. The van der Waals surface area contributed by atoms with Crippen molar-refractivity contribution in [3.63, 3.8) is 0 Å². The predicted molar refractivity (Wildman–Crippen MR) is 74.1 cm³/mol. The van der Waals surface area contributed by atoms with Gasteiger partial charge in [-0.25, -0.2) is 8.42 Å². The van der Waals surface area contributed by atoms with Crippen LogP contribution in [0.25, 0.3) is 0 Å². The molecule has 3 nitrogen and oxygen atoms in total. The molecular weight excluding hydrogens is 270 g/mol. The lowest BCUT2D eigenvalue weighted by Crippen LogP contribution is -2.00. The number of rotatable bonds is 3. The van der Waals surface area contributed by atoms with Crippen LogP contribution in [0.4, 0.5) is 0 Å². The van der Waals surface area contributed by atoms with Gasteiger partial charge in [0.05, 0.1) is 22.2 Å². The van der Waals surface area contributed by atoms with Crippen LogP contribution in [0, 0.1) is 0 Å². The molecule has 0 aromatic heterocycles. The van der Waals surface area contributed by atoms with E-state index in [-0.39, 0.29) is 0 Å². The van der Waals surface area contributed by atoms with Gasteiger partial charge in [-0.15, -0.1) is 11.6 Å². The van der Waals surface area contributed by atoms with Crippen molar-refractivity contribution in [1.82, 2.24) is 0 Å². The molecule has 0 N–H and O–H groups in total. The second kappa shape index (κ2) is 4.86. The first-order chi connectivity index (χ1) is 8.41. The van der Waals surface area contributed by atoms with Gasteiger partial charge in [0, 0.05) is 12.7 Å². The van der Waals surface area contributed by atoms with Gasteiger partial charge in [0.25, 0.3) is 0 Å². The van der Waals surface area contributed by atoms with Gasteiger partial charge in [-0.05, 0) is 30.2 Å². The topological polar surface area (TPSA) is 46.5 Å². The number of alkyl halides is 1. The number of allylic oxidation sites excluding steroid dienone is 2. The van der Waals surface area contributed by atoms with Gasteiger partial charge in [-0.1, -0.05) is 12.1 Å². The lowest BCUT2D eigenvalue weighted by atomic mass is 10.1. The van der Waals surface area contributed by atoms with Gasteiger partial charge in [-0.3, -0.25) is 4.99 Å². The number of hydrogen-bond acceptors (Lipinski definition) is 3. The Bertz CT molecular complexity index is 627. The molecular formula is C13H14ClNO2S. The van der Waals surface area contributed by atoms with Gasteiger partial charge in [0.2, 0.25) is 0 Å². The third kappa shape index (κ3) is 2.65. The minimum atomic E-state index is -3.14. The Kier molecular flexibility index (Phi) is 3.59. The van der Waals surface area contributed by atoms with Crippen molar-refractivity contribution in [2.75, 3.05) is 12.1 Å². The van der Waals surface area contributed by atoms with Crippen LogP contribution in [0.5, 0.6) is 0 Å². The largest absolute Gasteiger partial charge is 0.256 e. The monoisotopic (exact) mass is 283 g/mol. The zero-order valence-corrected chi connectivity index (χ0v) is 11.8. The minimum absolute atomic E-state index is 0.326. The van der Waals surface area contributed by atoms with Crippen molar-refractivity contribution in [1.29, 1.82) is 0 Å². The molecule has 0 atom stereocenters. The number of aliphatic imine (C=N–C) groups is 1. The highest BCUT2D eigenvalue weighted by Gasteiger charge is 2.16. The molecule has 0 spiro atoms. The van der Waals surface area contributed by atoms with Crippen LogP contribution in [-0.2, 0) is 9.84 Å². The van der Waals surface area contributed by atoms with E-state index >= 15 is 0 Å². The van der Waals surface area contributed by atoms with Gasteiger partial charge in [-0.2, -0.15) is 0 Å². The summed E-state index contributed by atoms with van der Waals surface area (Å²) in [4.78, 5) is 4.79. The highest BCUT2D eigenvalue weighted by atomic mass is 35.5. The molecule has 0 saturated heterocycles. The van der Waals surface area contributed by atoms with E-state index in [1.165, 1.54) is 11.8 Å². The van der Waals surface area contributed by atoms with E-state index in [1.807, 2.05) is 6.92 Å². The Labute approximate surface area is 112 Å².